The summed E-state index contributed by atoms with van der Waals surface area (Å²) < 4.78 is 12.3. The summed E-state index contributed by atoms with van der Waals surface area (Å²) in [5.74, 6) is 1.32. The molecule has 3 heteroatoms. The number of hydrogen-bond donors (Lipinski definition) is 0. The fourth-order valence-electron chi connectivity index (χ4n) is 1.99. The Hall–Kier alpha value is -1.06. The summed E-state index contributed by atoms with van der Waals surface area (Å²) in [4.78, 5) is 0. The van der Waals surface area contributed by atoms with Crippen LogP contribution in [-0.2, 0) is 4.43 Å². The van der Waals surface area contributed by atoms with Crippen molar-refractivity contribution in [2.45, 2.75) is 46.1 Å². The van der Waals surface area contributed by atoms with Gasteiger partial charge < -0.3 is 9.16 Å². The molecule has 2 nitrogen and oxygen atoms in total. The fraction of sp³-hybridized carbons (Fsp3) is 0.500. The van der Waals surface area contributed by atoms with Gasteiger partial charge in [0, 0.05) is 0 Å². The van der Waals surface area contributed by atoms with Crippen LogP contribution < -0.4 is 4.74 Å². The van der Waals surface area contributed by atoms with E-state index in [1.807, 2.05) is 43.3 Å². The normalized spacial score (nSPS) is 15.1. The molecule has 19 heavy (non-hydrogen) atoms. The number of hydrogen-bond acceptors (Lipinski definition) is 2. The Bertz CT molecular complexity index is 374. The van der Waals surface area contributed by atoms with Gasteiger partial charge in [-0.3, -0.25) is 0 Å². The van der Waals surface area contributed by atoms with Gasteiger partial charge in [0.25, 0.3) is 0 Å². The van der Waals surface area contributed by atoms with Gasteiger partial charge in [-0.25, -0.2) is 0 Å². The van der Waals surface area contributed by atoms with E-state index >= 15 is 0 Å². The largest absolute Gasteiger partial charge is 0.484 e. The highest BCUT2D eigenvalue weighted by Gasteiger charge is 2.25. The van der Waals surface area contributed by atoms with Gasteiger partial charge in [0.15, 0.2) is 9.04 Å². The zero-order valence-electron chi connectivity index (χ0n) is 12.7. The summed E-state index contributed by atoms with van der Waals surface area (Å²) in [6.07, 6.45) is 4.22. The monoisotopic (exact) mass is 278 g/mol. The first-order valence-electron chi connectivity index (χ1n) is 7.04. The van der Waals surface area contributed by atoms with Crippen molar-refractivity contribution in [3.8, 4) is 5.75 Å². The minimum absolute atomic E-state index is 0.0256. The average Bonchev–Trinajstić information content (AvgIpc) is 2.36. The molecular formula is C16H26O2Si. The summed E-state index contributed by atoms with van der Waals surface area (Å²) in [5, 5.41) is 0. The molecule has 1 aromatic rings. The van der Waals surface area contributed by atoms with Crippen LogP contribution in [0.4, 0.5) is 0 Å². The van der Waals surface area contributed by atoms with E-state index in [-0.39, 0.29) is 12.2 Å². The quantitative estimate of drug-likeness (QED) is 0.554. The molecule has 0 saturated carbocycles. The van der Waals surface area contributed by atoms with Crippen molar-refractivity contribution in [2.24, 2.45) is 5.92 Å². The van der Waals surface area contributed by atoms with Gasteiger partial charge in [-0.1, -0.05) is 38.1 Å². The number of allylic oxidation sites excluding steroid dienone is 1. The maximum atomic E-state index is 6.16. The maximum absolute atomic E-state index is 6.16. The molecule has 0 heterocycles. The third kappa shape index (κ3) is 5.62. The van der Waals surface area contributed by atoms with Gasteiger partial charge >= 0.3 is 0 Å². The van der Waals surface area contributed by atoms with Crippen LogP contribution in [0.3, 0.4) is 0 Å². The van der Waals surface area contributed by atoms with Crippen LogP contribution in [-0.4, -0.2) is 21.2 Å². The summed E-state index contributed by atoms with van der Waals surface area (Å²) >= 11 is 0. The van der Waals surface area contributed by atoms with E-state index in [1.165, 1.54) is 0 Å². The van der Waals surface area contributed by atoms with Crippen LogP contribution in [0, 0.1) is 5.92 Å². The van der Waals surface area contributed by atoms with Crippen molar-refractivity contribution >= 4 is 9.04 Å². The Kier molecular flexibility index (Phi) is 6.88. The molecule has 2 atom stereocenters. The molecule has 0 aliphatic carbocycles. The molecule has 0 aromatic heterocycles. The zero-order chi connectivity index (χ0) is 14.3. The van der Waals surface area contributed by atoms with Crippen molar-refractivity contribution in [2.75, 3.05) is 0 Å². The number of benzene rings is 1. The van der Waals surface area contributed by atoms with Crippen LogP contribution in [0.5, 0.6) is 5.75 Å². The second-order valence-corrected chi connectivity index (χ2v) is 7.68. The topological polar surface area (TPSA) is 18.5 Å². The predicted molar refractivity (Wildman–Crippen MR) is 84.3 cm³/mol. The molecule has 1 rings (SSSR count). The van der Waals surface area contributed by atoms with E-state index in [9.17, 15) is 0 Å². The van der Waals surface area contributed by atoms with Gasteiger partial charge in [0.2, 0.25) is 0 Å². The molecule has 0 bridgehead atoms. The first-order chi connectivity index (χ1) is 9.04. The highest BCUT2D eigenvalue weighted by atomic mass is 28.3. The first kappa shape index (κ1) is 16.0. The highest BCUT2D eigenvalue weighted by Crippen LogP contribution is 2.20. The second-order valence-electron chi connectivity index (χ2n) is 5.31. The Morgan fingerprint density at radius 1 is 1.11 bits per heavy atom. The second kappa shape index (κ2) is 8.18. The molecule has 0 aliphatic heterocycles. The molecule has 106 valence electrons. The lowest BCUT2D eigenvalue weighted by Gasteiger charge is -2.30. The van der Waals surface area contributed by atoms with Crippen LogP contribution in [0.15, 0.2) is 42.5 Å². The third-order valence-electron chi connectivity index (χ3n) is 2.81. The van der Waals surface area contributed by atoms with E-state index in [0.29, 0.717) is 5.92 Å². The first-order valence-corrected chi connectivity index (χ1v) is 9.82. The summed E-state index contributed by atoms with van der Waals surface area (Å²) in [6, 6.07) is 9.95. The smallest absolute Gasteiger partial charge is 0.171 e. The summed E-state index contributed by atoms with van der Waals surface area (Å²) in [6.45, 7) is 10.8. The van der Waals surface area contributed by atoms with Gasteiger partial charge in [0.05, 0.1) is 6.10 Å². The lowest BCUT2D eigenvalue weighted by atomic mass is 10.0. The third-order valence-corrected chi connectivity index (χ3v) is 3.67. The van der Waals surface area contributed by atoms with Crippen LogP contribution >= 0.6 is 0 Å². The molecular weight excluding hydrogens is 252 g/mol. The van der Waals surface area contributed by atoms with Gasteiger partial charge in [-0.2, -0.15) is 0 Å². The average molecular weight is 278 g/mol. The molecule has 0 amide bonds. The minimum Gasteiger partial charge on any atom is -0.484 e. The zero-order valence-corrected chi connectivity index (χ0v) is 13.8. The summed E-state index contributed by atoms with van der Waals surface area (Å²) in [5.41, 5.74) is 0. The fourth-order valence-corrected chi connectivity index (χ4v) is 3.09. The van der Waals surface area contributed by atoms with E-state index in [0.717, 1.165) is 5.75 Å². The number of rotatable bonds is 7. The molecule has 0 fully saturated rings. The number of para-hydroxylation sites is 1. The van der Waals surface area contributed by atoms with Crippen LogP contribution in [0.1, 0.15) is 20.8 Å². The standard InChI is InChI=1S/C16H26O2Si/c1-6-10-15(16(13(2)3)18-19(4)5)17-14-11-8-7-9-12-14/h6-13,15-16,19H,1-5H3. The summed E-state index contributed by atoms with van der Waals surface area (Å²) in [7, 11) is -1.09. The van der Waals surface area contributed by atoms with Crippen molar-refractivity contribution < 1.29 is 9.16 Å². The van der Waals surface area contributed by atoms with Crippen molar-refractivity contribution in [1.29, 1.82) is 0 Å². The van der Waals surface area contributed by atoms with E-state index in [1.54, 1.807) is 0 Å². The van der Waals surface area contributed by atoms with Gasteiger partial charge in [-0.05, 0) is 44.1 Å². The molecule has 0 radical (unpaired) electrons. The lowest BCUT2D eigenvalue weighted by Crippen LogP contribution is -2.39. The molecule has 1 aromatic carbocycles. The molecule has 2 unspecified atom stereocenters. The molecule has 0 N–H and O–H groups in total. The van der Waals surface area contributed by atoms with Crippen molar-refractivity contribution in [3.05, 3.63) is 42.5 Å². The SMILES string of the molecule is CC=CC(Oc1ccccc1)C(O[SiH](C)C)C(C)C. The van der Waals surface area contributed by atoms with Gasteiger partial charge in [0.1, 0.15) is 11.9 Å². The highest BCUT2D eigenvalue weighted by molar-refractivity contribution is 6.48. The minimum atomic E-state index is -1.09. The number of ether oxygens (including phenoxy) is 1. The molecule has 0 spiro atoms. The Morgan fingerprint density at radius 2 is 1.74 bits per heavy atom. The van der Waals surface area contributed by atoms with E-state index < -0.39 is 9.04 Å². The Morgan fingerprint density at radius 3 is 2.21 bits per heavy atom. The van der Waals surface area contributed by atoms with Crippen molar-refractivity contribution in [3.63, 3.8) is 0 Å². The molecule has 0 aliphatic rings. The van der Waals surface area contributed by atoms with Crippen LogP contribution in [0.25, 0.3) is 0 Å². The van der Waals surface area contributed by atoms with E-state index in [4.69, 9.17) is 9.16 Å². The molecule has 0 saturated heterocycles. The lowest BCUT2D eigenvalue weighted by molar-refractivity contribution is 0.0500. The van der Waals surface area contributed by atoms with Crippen LogP contribution in [0.2, 0.25) is 13.1 Å². The van der Waals surface area contributed by atoms with E-state index in [2.05, 4.69) is 33.0 Å². The Balaban J connectivity index is 2.84. The maximum Gasteiger partial charge on any atom is 0.171 e. The van der Waals surface area contributed by atoms with Gasteiger partial charge in [-0.15, -0.1) is 0 Å². The van der Waals surface area contributed by atoms with Crippen molar-refractivity contribution in [1.82, 2.24) is 0 Å². The predicted octanol–water partition coefficient (Wildman–Crippen LogP) is 4.03. The Labute approximate surface area is 119 Å².